The standard InChI is InChI=1S/C19H22N2O4/c1-4-13-5-7-14(8-6-13)17-15(11-20)18(21)25-12(2)16(17)19(22)24-10-9-23-3/h5-8,17H,4,9-10,21H2,1-3H3/t17-/m1/s1. The van der Waals surface area contributed by atoms with Crippen LogP contribution in [0.1, 0.15) is 30.9 Å². The molecule has 1 aliphatic heterocycles. The predicted octanol–water partition coefficient (Wildman–Crippen LogP) is 2.52. The summed E-state index contributed by atoms with van der Waals surface area (Å²) in [6.45, 7) is 4.11. The molecule has 0 saturated carbocycles. The third kappa shape index (κ3) is 4.01. The molecule has 0 unspecified atom stereocenters. The number of hydrogen-bond donors (Lipinski definition) is 1. The Morgan fingerprint density at radius 3 is 2.56 bits per heavy atom. The Hall–Kier alpha value is -2.78. The van der Waals surface area contributed by atoms with Gasteiger partial charge in [-0.2, -0.15) is 5.26 Å². The maximum absolute atomic E-state index is 12.6. The maximum Gasteiger partial charge on any atom is 0.338 e. The Balaban J connectivity index is 2.44. The number of allylic oxidation sites excluding steroid dienone is 2. The Bertz CT molecular complexity index is 742. The van der Waals surface area contributed by atoms with Crippen LogP contribution in [0.25, 0.3) is 0 Å². The lowest BCUT2D eigenvalue weighted by Gasteiger charge is -2.27. The van der Waals surface area contributed by atoms with Gasteiger partial charge in [-0.15, -0.1) is 0 Å². The summed E-state index contributed by atoms with van der Waals surface area (Å²) in [7, 11) is 1.53. The van der Waals surface area contributed by atoms with Crippen molar-refractivity contribution in [1.82, 2.24) is 0 Å². The zero-order valence-corrected chi connectivity index (χ0v) is 14.7. The molecule has 0 spiro atoms. The molecule has 0 aliphatic carbocycles. The Morgan fingerprint density at radius 1 is 1.32 bits per heavy atom. The molecule has 6 heteroatoms. The quantitative estimate of drug-likeness (QED) is 0.630. The van der Waals surface area contributed by atoms with E-state index in [2.05, 4.69) is 13.0 Å². The molecule has 1 aromatic rings. The molecule has 0 aromatic heterocycles. The number of aryl methyl sites for hydroxylation is 1. The van der Waals surface area contributed by atoms with E-state index in [0.29, 0.717) is 5.76 Å². The van der Waals surface area contributed by atoms with Gasteiger partial charge in [-0.3, -0.25) is 0 Å². The van der Waals surface area contributed by atoms with Gasteiger partial charge in [0.25, 0.3) is 0 Å². The van der Waals surface area contributed by atoms with Crippen molar-refractivity contribution in [3.63, 3.8) is 0 Å². The second kappa shape index (κ2) is 8.36. The van der Waals surface area contributed by atoms with E-state index in [1.165, 1.54) is 7.11 Å². The van der Waals surface area contributed by atoms with Crippen LogP contribution in [-0.4, -0.2) is 26.3 Å². The fourth-order valence-corrected chi connectivity index (χ4v) is 2.72. The summed E-state index contributed by atoms with van der Waals surface area (Å²) in [6, 6.07) is 9.81. The predicted molar refractivity (Wildman–Crippen MR) is 92.0 cm³/mol. The minimum absolute atomic E-state index is 0.0120. The number of rotatable bonds is 6. The summed E-state index contributed by atoms with van der Waals surface area (Å²) in [5, 5.41) is 9.53. The summed E-state index contributed by atoms with van der Waals surface area (Å²) >= 11 is 0. The minimum atomic E-state index is -0.611. The summed E-state index contributed by atoms with van der Waals surface area (Å²) < 4.78 is 15.5. The van der Waals surface area contributed by atoms with E-state index in [4.69, 9.17) is 19.9 Å². The van der Waals surface area contributed by atoms with E-state index in [-0.39, 0.29) is 30.2 Å². The average Bonchev–Trinajstić information content (AvgIpc) is 2.61. The number of carbonyl (C=O) groups is 1. The molecule has 6 nitrogen and oxygen atoms in total. The number of carbonyl (C=O) groups excluding carboxylic acids is 1. The summed E-state index contributed by atoms with van der Waals surface area (Å²) in [6.07, 6.45) is 0.901. The van der Waals surface area contributed by atoms with Crippen LogP contribution in [0.3, 0.4) is 0 Å². The molecule has 2 rings (SSSR count). The Labute approximate surface area is 147 Å². The molecule has 1 atom stereocenters. The zero-order chi connectivity index (χ0) is 18.4. The second-order valence-corrected chi connectivity index (χ2v) is 5.62. The molecule has 1 aliphatic rings. The van der Waals surface area contributed by atoms with Crippen LogP contribution in [0.2, 0.25) is 0 Å². The highest BCUT2D eigenvalue weighted by Crippen LogP contribution is 2.39. The first kappa shape index (κ1) is 18.6. The molecule has 0 radical (unpaired) electrons. The number of esters is 1. The van der Waals surface area contributed by atoms with Gasteiger partial charge in [0.15, 0.2) is 0 Å². The molecular weight excluding hydrogens is 320 g/mol. The maximum atomic E-state index is 12.6. The van der Waals surface area contributed by atoms with E-state index in [1.807, 2.05) is 24.3 Å². The van der Waals surface area contributed by atoms with Gasteiger partial charge in [0.1, 0.15) is 24.0 Å². The van der Waals surface area contributed by atoms with Gasteiger partial charge in [-0.1, -0.05) is 31.2 Å². The fourth-order valence-electron chi connectivity index (χ4n) is 2.72. The van der Waals surface area contributed by atoms with Crippen molar-refractivity contribution in [3.05, 3.63) is 58.2 Å². The van der Waals surface area contributed by atoms with Gasteiger partial charge in [0, 0.05) is 7.11 Å². The largest absolute Gasteiger partial charge is 0.460 e. The third-order valence-corrected chi connectivity index (χ3v) is 4.07. The summed E-state index contributed by atoms with van der Waals surface area (Å²) in [4.78, 5) is 12.6. The molecule has 132 valence electrons. The molecule has 1 heterocycles. The highest BCUT2D eigenvalue weighted by Gasteiger charge is 2.36. The van der Waals surface area contributed by atoms with Crippen molar-refractivity contribution in [2.75, 3.05) is 20.3 Å². The van der Waals surface area contributed by atoms with Crippen LogP contribution >= 0.6 is 0 Å². The first-order valence-electron chi connectivity index (χ1n) is 8.06. The van der Waals surface area contributed by atoms with Gasteiger partial charge in [-0.25, -0.2) is 4.79 Å². The van der Waals surface area contributed by atoms with Gasteiger partial charge in [-0.05, 0) is 24.5 Å². The highest BCUT2D eigenvalue weighted by molar-refractivity contribution is 5.92. The van der Waals surface area contributed by atoms with E-state index in [9.17, 15) is 10.1 Å². The van der Waals surface area contributed by atoms with Gasteiger partial charge in [0.05, 0.1) is 18.1 Å². The van der Waals surface area contributed by atoms with Crippen LogP contribution in [0.5, 0.6) is 0 Å². The number of ether oxygens (including phenoxy) is 3. The Morgan fingerprint density at radius 2 is 2.00 bits per heavy atom. The van der Waals surface area contributed by atoms with E-state index < -0.39 is 11.9 Å². The van der Waals surface area contributed by atoms with Crippen LogP contribution in [0.4, 0.5) is 0 Å². The van der Waals surface area contributed by atoms with Crippen molar-refractivity contribution < 1.29 is 19.0 Å². The average molecular weight is 342 g/mol. The number of benzene rings is 1. The summed E-state index contributed by atoms with van der Waals surface area (Å²) in [5.41, 5.74) is 8.32. The monoisotopic (exact) mass is 342 g/mol. The molecule has 0 saturated heterocycles. The molecule has 0 amide bonds. The lowest BCUT2D eigenvalue weighted by atomic mass is 9.83. The van der Waals surface area contributed by atoms with Crippen molar-refractivity contribution in [2.24, 2.45) is 5.73 Å². The smallest absolute Gasteiger partial charge is 0.338 e. The molecule has 1 aromatic carbocycles. The number of methoxy groups -OCH3 is 1. The number of nitrogens with zero attached hydrogens (tertiary/aromatic N) is 1. The molecular formula is C19H22N2O4. The van der Waals surface area contributed by atoms with Gasteiger partial charge < -0.3 is 19.9 Å². The normalized spacial score (nSPS) is 17.1. The van der Waals surface area contributed by atoms with Crippen molar-refractivity contribution in [1.29, 1.82) is 5.26 Å². The summed E-state index contributed by atoms with van der Waals surface area (Å²) in [5.74, 6) is -0.805. The zero-order valence-electron chi connectivity index (χ0n) is 14.7. The van der Waals surface area contributed by atoms with Gasteiger partial charge in [0.2, 0.25) is 5.88 Å². The van der Waals surface area contributed by atoms with Crippen LogP contribution in [-0.2, 0) is 25.4 Å². The topological polar surface area (TPSA) is 94.6 Å². The van der Waals surface area contributed by atoms with Crippen molar-refractivity contribution in [2.45, 2.75) is 26.2 Å². The Kier molecular flexibility index (Phi) is 6.20. The fraction of sp³-hybridized carbons (Fsp3) is 0.368. The van der Waals surface area contributed by atoms with E-state index >= 15 is 0 Å². The van der Waals surface area contributed by atoms with E-state index in [0.717, 1.165) is 17.5 Å². The second-order valence-electron chi connectivity index (χ2n) is 5.62. The SMILES string of the molecule is CCc1ccc([C@@H]2C(C#N)=C(N)OC(C)=C2C(=O)OCCOC)cc1. The number of nitrogens with two attached hydrogens (primary N) is 1. The first-order valence-corrected chi connectivity index (χ1v) is 8.06. The van der Waals surface area contributed by atoms with Crippen LogP contribution in [0, 0.1) is 11.3 Å². The van der Waals surface area contributed by atoms with Gasteiger partial charge >= 0.3 is 5.97 Å². The minimum Gasteiger partial charge on any atom is -0.460 e. The molecule has 0 fully saturated rings. The molecule has 25 heavy (non-hydrogen) atoms. The number of nitriles is 1. The van der Waals surface area contributed by atoms with Crippen LogP contribution in [0.15, 0.2) is 47.1 Å². The molecule has 0 bridgehead atoms. The lowest BCUT2D eigenvalue weighted by Crippen LogP contribution is -2.26. The van der Waals surface area contributed by atoms with Crippen molar-refractivity contribution in [3.8, 4) is 6.07 Å². The molecule has 2 N–H and O–H groups in total. The lowest BCUT2D eigenvalue weighted by molar-refractivity contribution is -0.140. The highest BCUT2D eigenvalue weighted by atomic mass is 16.6. The number of hydrogen-bond acceptors (Lipinski definition) is 6. The van der Waals surface area contributed by atoms with Crippen LogP contribution < -0.4 is 5.73 Å². The van der Waals surface area contributed by atoms with E-state index in [1.54, 1.807) is 6.92 Å². The first-order chi connectivity index (χ1) is 12.0. The third-order valence-electron chi connectivity index (χ3n) is 4.07. The van der Waals surface area contributed by atoms with Crippen molar-refractivity contribution >= 4 is 5.97 Å².